The highest BCUT2D eigenvalue weighted by molar-refractivity contribution is 5.87. The van der Waals surface area contributed by atoms with Crippen LogP contribution in [0.5, 0.6) is 0 Å². The molecule has 0 aromatic heterocycles. The first-order valence-corrected chi connectivity index (χ1v) is 4.64. The number of carbonyl (C=O) groups excluding carboxylic acids is 4. The minimum Gasteiger partial charge on any atom is -0.395 e. The number of carbonyl (C=O) groups is 4. The minimum absolute atomic E-state index is 0.0166. The van der Waals surface area contributed by atoms with Gasteiger partial charge in [0, 0.05) is 0 Å². The molecule has 1 aliphatic carbocycles. The fraction of sp³-hybridized carbons (Fsp3) is 0.400. The Bertz CT molecular complexity index is 300. The first-order valence-electron chi connectivity index (χ1n) is 4.64. The number of esters is 2. The van der Waals surface area contributed by atoms with Crippen LogP contribution < -0.4 is 0 Å². The number of hydrogen-bond acceptors (Lipinski definition) is 6. The van der Waals surface area contributed by atoms with Crippen LogP contribution in [-0.2, 0) is 28.7 Å². The summed E-state index contributed by atoms with van der Waals surface area (Å²) in [5.74, 6) is -3.12. The van der Waals surface area contributed by atoms with Crippen LogP contribution in [0, 0.1) is 11.8 Å². The van der Waals surface area contributed by atoms with Crippen molar-refractivity contribution in [3.63, 3.8) is 0 Å². The zero-order chi connectivity index (χ0) is 12.0. The van der Waals surface area contributed by atoms with E-state index in [1.54, 1.807) is 12.2 Å². The molecular weight excluding hydrogens is 216 g/mol. The van der Waals surface area contributed by atoms with Gasteiger partial charge in [-0.2, -0.15) is 0 Å². The van der Waals surface area contributed by atoms with Gasteiger partial charge in [0.25, 0.3) is 0 Å². The molecule has 0 radical (unpaired) electrons. The van der Waals surface area contributed by atoms with Gasteiger partial charge in [-0.3, -0.25) is 19.2 Å². The number of hydrogen-bond donors (Lipinski definition) is 0. The van der Waals surface area contributed by atoms with E-state index in [1.807, 2.05) is 0 Å². The van der Waals surface area contributed by atoms with Crippen molar-refractivity contribution in [3.8, 4) is 0 Å². The topological polar surface area (TPSA) is 86.7 Å². The molecule has 0 heterocycles. The van der Waals surface area contributed by atoms with Crippen LogP contribution in [0.3, 0.4) is 0 Å². The predicted molar refractivity (Wildman–Crippen MR) is 49.7 cm³/mol. The van der Waals surface area contributed by atoms with Crippen LogP contribution >= 0.6 is 0 Å². The highest BCUT2D eigenvalue weighted by Crippen LogP contribution is 2.27. The lowest BCUT2D eigenvalue weighted by Crippen LogP contribution is -2.33. The summed E-state index contributed by atoms with van der Waals surface area (Å²) in [5.41, 5.74) is 0. The third-order valence-corrected chi connectivity index (χ3v) is 2.37. The fourth-order valence-electron chi connectivity index (χ4n) is 1.60. The van der Waals surface area contributed by atoms with Crippen molar-refractivity contribution in [2.24, 2.45) is 11.8 Å². The molecule has 1 aliphatic rings. The Kier molecular flexibility index (Phi) is 4.38. The standard InChI is InChI=1S/C10H10O6/c11-5-15-9(13)7-3-1-2-4-8(7)10(14)16-6-12/h1-2,5-8H,3-4H2. The minimum atomic E-state index is -0.785. The van der Waals surface area contributed by atoms with Crippen molar-refractivity contribution < 1.29 is 28.7 Å². The number of allylic oxidation sites excluding steroid dienone is 2. The number of ether oxygens (including phenoxy) is 2. The molecule has 86 valence electrons. The summed E-state index contributed by atoms with van der Waals surface area (Å²) in [6, 6.07) is 0. The second-order valence-electron chi connectivity index (χ2n) is 3.22. The lowest BCUT2D eigenvalue weighted by atomic mass is 9.83. The molecule has 0 aliphatic heterocycles. The molecule has 0 saturated heterocycles. The van der Waals surface area contributed by atoms with E-state index in [0.717, 1.165) is 0 Å². The van der Waals surface area contributed by atoms with Crippen LogP contribution in [0.25, 0.3) is 0 Å². The van der Waals surface area contributed by atoms with E-state index in [9.17, 15) is 19.2 Å². The van der Waals surface area contributed by atoms with E-state index >= 15 is 0 Å². The van der Waals surface area contributed by atoms with E-state index < -0.39 is 23.8 Å². The van der Waals surface area contributed by atoms with Gasteiger partial charge in [0.05, 0.1) is 11.8 Å². The first-order chi connectivity index (χ1) is 7.70. The maximum absolute atomic E-state index is 11.3. The average Bonchev–Trinajstić information content (AvgIpc) is 2.30. The quantitative estimate of drug-likeness (QED) is 0.289. The molecule has 16 heavy (non-hydrogen) atoms. The lowest BCUT2D eigenvalue weighted by molar-refractivity contribution is -0.165. The molecule has 0 N–H and O–H groups in total. The van der Waals surface area contributed by atoms with Crippen molar-refractivity contribution in [3.05, 3.63) is 12.2 Å². The van der Waals surface area contributed by atoms with Gasteiger partial charge in [0.1, 0.15) is 0 Å². The van der Waals surface area contributed by atoms with Crippen LogP contribution in [0.4, 0.5) is 0 Å². The maximum Gasteiger partial charge on any atom is 0.317 e. The highest BCUT2D eigenvalue weighted by Gasteiger charge is 2.36. The zero-order valence-electron chi connectivity index (χ0n) is 8.33. The van der Waals surface area contributed by atoms with Gasteiger partial charge in [0.2, 0.25) is 0 Å². The molecule has 0 fully saturated rings. The van der Waals surface area contributed by atoms with Crippen molar-refractivity contribution in [1.29, 1.82) is 0 Å². The van der Waals surface area contributed by atoms with Gasteiger partial charge in [-0.05, 0) is 12.8 Å². The smallest absolute Gasteiger partial charge is 0.317 e. The Morgan fingerprint density at radius 2 is 1.31 bits per heavy atom. The second kappa shape index (κ2) is 5.79. The van der Waals surface area contributed by atoms with Crippen LogP contribution in [0.15, 0.2) is 12.2 Å². The zero-order valence-corrected chi connectivity index (χ0v) is 8.33. The lowest BCUT2D eigenvalue weighted by Gasteiger charge is -2.22. The van der Waals surface area contributed by atoms with E-state index in [2.05, 4.69) is 9.47 Å². The molecule has 6 heteroatoms. The summed E-state index contributed by atoms with van der Waals surface area (Å²) >= 11 is 0. The molecule has 2 atom stereocenters. The largest absolute Gasteiger partial charge is 0.395 e. The summed E-state index contributed by atoms with van der Waals surface area (Å²) in [6.07, 6.45) is 3.99. The Balaban J connectivity index is 2.75. The number of rotatable bonds is 4. The Labute approximate surface area is 91.2 Å². The molecule has 1 rings (SSSR count). The van der Waals surface area contributed by atoms with E-state index in [1.165, 1.54) is 0 Å². The molecule has 0 saturated carbocycles. The van der Waals surface area contributed by atoms with Gasteiger partial charge in [0.15, 0.2) is 0 Å². The summed E-state index contributed by atoms with van der Waals surface area (Å²) in [7, 11) is 0. The molecule has 0 aromatic carbocycles. The first kappa shape index (κ1) is 12.1. The molecule has 0 spiro atoms. The van der Waals surface area contributed by atoms with Gasteiger partial charge >= 0.3 is 24.9 Å². The molecule has 0 amide bonds. The molecule has 2 unspecified atom stereocenters. The van der Waals surface area contributed by atoms with E-state index in [-0.39, 0.29) is 25.8 Å². The van der Waals surface area contributed by atoms with Gasteiger partial charge in [-0.1, -0.05) is 12.2 Å². The third-order valence-electron chi connectivity index (χ3n) is 2.37. The van der Waals surface area contributed by atoms with E-state index in [0.29, 0.717) is 0 Å². The van der Waals surface area contributed by atoms with Crippen molar-refractivity contribution >= 4 is 24.9 Å². The van der Waals surface area contributed by atoms with Crippen molar-refractivity contribution in [2.75, 3.05) is 0 Å². The summed E-state index contributed by atoms with van der Waals surface area (Å²) < 4.78 is 8.38. The average molecular weight is 226 g/mol. The maximum atomic E-state index is 11.3. The fourth-order valence-corrected chi connectivity index (χ4v) is 1.60. The Morgan fingerprint density at radius 3 is 1.62 bits per heavy atom. The van der Waals surface area contributed by atoms with Gasteiger partial charge < -0.3 is 9.47 Å². The van der Waals surface area contributed by atoms with E-state index in [4.69, 9.17) is 0 Å². The van der Waals surface area contributed by atoms with Crippen LogP contribution in [0.1, 0.15) is 12.8 Å². The van der Waals surface area contributed by atoms with Crippen LogP contribution in [0.2, 0.25) is 0 Å². The molecular formula is C10H10O6. The monoisotopic (exact) mass is 226 g/mol. The second-order valence-corrected chi connectivity index (χ2v) is 3.22. The summed E-state index contributed by atoms with van der Waals surface area (Å²) in [6.45, 7) is 0.0333. The highest BCUT2D eigenvalue weighted by atomic mass is 16.6. The predicted octanol–water partition coefficient (Wildman–Crippen LogP) is -0.0320. The third kappa shape index (κ3) is 2.75. The Hall–Kier alpha value is -1.98. The Morgan fingerprint density at radius 1 is 0.938 bits per heavy atom. The molecule has 0 aromatic rings. The van der Waals surface area contributed by atoms with Crippen molar-refractivity contribution in [2.45, 2.75) is 12.8 Å². The normalized spacial score (nSPS) is 23.2. The molecule has 6 nitrogen and oxygen atoms in total. The molecule has 0 bridgehead atoms. The van der Waals surface area contributed by atoms with Gasteiger partial charge in [-0.25, -0.2) is 0 Å². The van der Waals surface area contributed by atoms with Crippen molar-refractivity contribution in [1.82, 2.24) is 0 Å². The SMILES string of the molecule is O=COC(=O)C1CC=CCC1C(=O)OC=O. The van der Waals surface area contributed by atoms with Gasteiger partial charge in [-0.15, -0.1) is 0 Å². The summed E-state index contributed by atoms with van der Waals surface area (Å²) in [5, 5.41) is 0. The van der Waals surface area contributed by atoms with Crippen LogP contribution in [-0.4, -0.2) is 24.9 Å². The summed E-state index contributed by atoms with van der Waals surface area (Å²) in [4.78, 5) is 42.7.